The van der Waals surface area contributed by atoms with E-state index in [1.54, 1.807) is 6.92 Å². The SMILES string of the molecule is CC/C=C\C/C=C\C/C=C\C/C=C\C/C=C\C/C=C\CCC(=O)NC(CC(C)C)C(O)Oc1cc(C(F)(F)F)ccc1C(=O)OCC. The molecule has 0 bridgehead atoms. The maximum atomic E-state index is 13.3. The number of allylic oxidation sites excluding steroid dienone is 12. The van der Waals surface area contributed by atoms with Crippen molar-refractivity contribution < 1.29 is 37.3 Å². The Morgan fingerprint density at radius 3 is 1.81 bits per heavy atom. The molecule has 0 aliphatic carbocycles. The van der Waals surface area contributed by atoms with Gasteiger partial charge in [-0.1, -0.05) is 93.7 Å². The third-order valence-electron chi connectivity index (χ3n) is 6.60. The van der Waals surface area contributed by atoms with Crippen molar-refractivity contribution in [3.8, 4) is 5.75 Å². The van der Waals surface area contributed by atoms with Crippen LogP contribution < -0.4 is 10.1 Å². The predicted molar refractivity (Wildman–Crippen MR) is 183 cm³/mol. The van der Waals surface area contributed by atoms with Crippen LogP contribution in [0.5, 0.6) is 5.75 Å². The molecule has 1 rings (SSSR count). The Hall–Kier alpha value is -3.85. The Balaban J connectivity index is 2.54. The highest BCUT2D eigenvalue weighted by Crippen LogP contribution is 2.34. The van der Waals surface area contributed by atoms with Crippen molar-refractivity contribution in [2.45, 2.75) is 104 Å². The van der Waals surface area contributed by atoms with Crippen molar-refractivity contribution in [3.05, 3.63) is 102 Å². The van der Waals surface area contributed by atoms with Crippen LogP contribution >= 0.6 is 0 Å². The molecule has 0 spiro atoms. The van der Waals surface area contributed by atoms with E-state index in [9.17, 15) is 27.9 Å². The van der Waals surface area contributed by atoms with Crippen LogP contribution in [0.1, 0.15) is 101 Å². The van der Waals surface area contributed by atoms with Gasteiger partial charge < -0.3 is 19.9 Å². The first kappa shape index (κ1) is 41.2. The molecule has 0 aromatic heterocycles. The second kappa shape index (κ2) is 24.3. The Bertz CT molecular complexity index is 1230. The Labute approximate surface area is 278 Å². The molecule has 47 heavy (non-hydrogen) atoms. The molecule has 0 saturated carbocycles. The fourth-order valence-electron chi connectivity index (χ4n) is 4.27. The van der Waals surface area contributed by atoms with Gasteiger partial charge in [0.05, 0.1) is 18.2 Å². The van der Waals surface area contributed by atoms with Crippen molar-refractivity contribution in [2.75, 3.05) is 6.61 Å². The first-order valence-electron chi connectivity index (χ1n) is 16.4. The lowest BCUT2D eigenvalue weighted by molar-refractivity contribution is -0.138. The number of esters is 1. The zero-order valence-electron chi connectivity index (χ0n) is 28.2. The number of halogens is 3. The van der Waals surface area contributed by atoms with E-state index in [4.69, 9.17) is 9.47 Å². The van der Waals surface area contributed by atoms with Gasteiger partial charge in [-0.2, -0.15) is 13.2 Å². The third kappa shape index (κ3) is 19.4. The Morgan fingerprint density at radius 1 is 0.830 bits per heavy atom. The van der Waals surface area contributed by atoms with E-state index < -0.39 is 35.8 Å². The van der Waals surface area contributed by atoms with Gasteiger partial charge >= 0.3 is 12.1 Å². The van der Waals surface area contributed by atoms with Crippen molar-refractivity contribution in [3.63, 3.8) is 0 Å². The van der Waals surface area contributed by atoms with Gasteiger partial charge in [-0.3, -0.25) is 4.79 Å². The summed E-state index contributed by atoms with van der Waals surface area (Å²) in [4.78, 5) is 25.0. The van der Waals surface area contributed by atoms with Crippen molar-refractivity contribution in [1.82, 2.24) is 5.32 Å². The summed E-state index contributed by atoms with van der Waals surface area (Å²) < 4.78 is 50.4. The van der Waals surface area contributed by atoms with E-state index in [0.29, 0.717) is 18.9 Å². The van der Waals surface area contributed by atoms with Crippen LogP contribution in [-0.4, -0.2) is 35.9 Å². The first-order chi connectivity index (χ1) is 22.5. The van der Waals surface area contributed by atoms with Crippen LogP contribution in [0.3, 0.4) is 0 Å². The zero-order valence-corrected chi connectivity index (χ0v) is 28.2. The second-order valence-electron chi connectivity index (χ2n) is 11.2. The van der Waals surface area contributed by atoms with E-state index in [0.717, 1.165) is 50.7 Å². The van der Waals surface area contributed by atoms with Crippen LogP contribution in [0, 0.1) is 5.92 Å². The molecule has 0 fully saturated rings. The molecule has 0 radical (unpaired) electrons. The molecule has 2 atom stereocenters. The molecule has 0 saturated heterocycles. The average Bonchev–Trinajstić information content (AvgIpc) is 3.01. The summed E-state index contributed by atoms with van der Waals surface area (Å²) in [6, 6.07) is 1.42. The number of hydrogen-bond acceptors (Lipinski definition) is 5. The number of nitrogens with one attached hydrogen (secondary N) is 1. The molecule has 9 heteroatoms. The van der Waals surface area contributed by atoms with Crippen molar-refractivity contribution >= 4 is 11.9 Å². The van der Waals surface area contributed by atoms with Crippen LogP contribution in [0.2, 0.25) is 0 Å². The van der Waals surface area contributed by atoms with Crippen LogP contribution in [-0.2, 0) is 15.7 Å². The monoisotopic (exact) mass is 659 g/mol. The summed E-state index contributed by atoms with van der Waals surface area (Å²) in [6.07, 6.45) is 25.3. The highest BCUT2D eigenvalue weighted by atomic mass is 19.4. The highest BCUT2D eigenvalue weighted by molar-refractivity contribution is 5.92. The molecule has 6 nitrogen and oxygen atoms in total. The van der Waals surface area contributed by atoms with Gasteiger partial charge in [-0.15, -0.1) is 0 Å². The lowest BCUT2D eigenvalue weighted by Crippen LogP contribution is -2.46. The summed E-state index contributed by atoms with van der Waals surface area (Å²) in [7, 11) is 0. The van der Waals surface area contributed by atoms with E-state index in [2.05, 4.69) is 73.0 Å². The van der Waals surface area contributed by atoms with Crippen LogP contribution in [0.15, 0.2) is 91.1 Å². The molecule has 0 heterocycles. The minimum absolute atomic E-state index is 0.00461. The highest BCUT2D eigenvalue weighted by Gasteiger charge is 2.33. The molecule has 1 aromatic carbocycles. The molecule has 0 aliphatic heterocycles. The number of hydrogen-bond donors (Lipinski definition) is 2. The summed E-state index contributed by atoms with van der Waals surface area (Å²) >= 11 is 0. The molecule has 260 valence electrons. The number of benzene rings is 1. The van der Waals surface area contributed by atoms with E-state index >= 15 is 0 Å². The van der Waals surface area contributed by atoms with Crippen molar-refractivity contribution in [2.24, 2.45) is 5.92 Å². The predicted octanol–water partition coefficient (Wildman–Crippen LogP) is 9.59. The summed E-state index contributed by atoms with van der Waals surface area (Å²) in [5, 5.41) is 13.5. The maximum absolute atomic E-state index is 13.3. The molecular weight excluding hydrogens is 607 g/mol. The van der Waals surface area contributed by atoms with E-state index in [1.165, 1.54) is 0 Å². The number of ether oxygens (including phenoxy) is 2. The van der Waals surface area contributed by atoms with Gasteiger partial charge in [0.1, 0.15) is 11.3 Å². The molecule has 1 aromatic rings. The number of aliphatic hydroxyl groups excluding tert-OH is 1. The minimum Gasteiger partial charge on any atom is -0.462 e. The van der Waals surface area contributed by atoms with Crippen LogP contribution in [0.4, 0.5) is 13.2 Å². The molecular formula is C38H52F3NO5. The van der Waals surface area contributed by atoms with E-state index in [1.807, 2.05) is 26.0 Å². The molecule has 2 unspecified atom stereocenters. The Morgan fingerprint density at radius 2 is 1.34 bits per heavy atom. The van der Waals surface area contributed by atoms with E-state index in [-0.39, 0.29) is 30.4 Å². The normalized spacial score (nSPS) is 14.1. The smallest absolute Gasteiger partial charge is 0.416 e. The topological polar surface area (TPSA) is 84.9 Å². The van der Waals surface area contributed by atoms with Crippen molar-refractivity contribution in [1.29, 1.82) is 0 Å². The number of amides is 1. The number of alkyl halides is 3. The Kier molecular flexibility index (Phi) is 21.3. The lowest BCUT2D eigenvalue weighted by Gasteiger charge is -2.27. The first-order valence-corrected chi connectivity index (χ1v) is 16.4. The second-order valence-corrected chi connectivity index (χ2v) is 11.2. The fourth-order valence-corrected chi connectivity index (χ4v) is 4.27. The quantitative estimate of drug-likeness (QED) is 0.0736. The van der Waals surface area contributed by atoms with Crippen LogP contribution in [0.25, 0.3) is 0 Å². The van der Waals surface area contributed by atoms with Gasteiger partial charge in [0.25, 0.3) is 0 Å². The molecule has 0 aliphatic rings. The standard InChI is InChI=1S/C38H52F3NO5/c1-5-7-8-9-10-11-12-13-14-15-16-17-18-19-20-21-22-23-24-25-35(43)42-33(28-30(3)4)37(45)47-34-29-31(38(39,40)41)26-27-32(34)36(44)46-6-2/h7-8,10-11,13-14,16-17,19-20,22-23,26-27,29-30,33,37,45H,5-6,9,12,15,18,21,24-25,28H2,1-4H3,(H,42,43)/b8-7-,11-10-,14-13-,17-16-,20-19-,23-22-. The van der Waals surface area contributed by atoms with Gasteiger partial charge in [0.2, 0.25) is 12.2 Å². The molecule has 2 N–H and O–H groups in total. The average molecular weight is 660 g/mol. The van der Waals surface area contributed by atoms with Gasteiger partial charge in [-0.25, -0.2) is 4.79 Å². The van der Waals surface area contributed by atoms with Gasteiger partial charge in [0.15, 0.2) is 0 Å². The largest absolute Gasteiger partial charge is 0.462 e. The lowest BCUT2D eigenvalue weighted by atomic mass is 10.0. The van der Waals surface area contributed by atoms with Gasteiger partial charge in [-0.05, 0) is 82.4 Å². The minimum atomic E-state index is -4.69. The number of aliphatic hydroxyl groups is 1. The van der Waals surface area contributed by atoms with Gasteiger partial charge in [0, 0.05) is 6.42 Å². The maximum Gasteiger partial charge on any atom is 0.416 e. The third-order valence-corrected chi connectivity index (χ3v) is 6.60. The number of rotatable bonds is 22. The fraction of sp³-hybridized carbons (Fsp3) is 0.474. The summed E-state index contributed by atoms with van der Waals surface area (Å²) in [5.41, 5.74) is -1.31. The summed E-state index contributed by atoms with van der Waals surface area (Å²) in [6.45, 7) is 7.44. The zero-order chi connectivity index (χ0) is 34.9. The number of carbonyl (C=O) groups excluding carboxylic acids is 2. The summed E-state index contributed by atoms with van der Waals surface area (Å²) in [5.74, 6) is -1.68. The number of carbonyl (C=O) groups is 2. The molecule has 1 amide bonds.